The van der Waals surface area contributed by atoms with E-state index in [0.29, 0.717) is 0 Å². The van der Waals surface area contributed by atoms with Gasteiger partial charge in [0.1, 0.15) is 11.8 Å². The highest BCUT2D eigenvalue weighted by atomic mass is 16.5. The molecular weight excluding hydrogens is 396 g/mol. The molecule has 4 rings (SSSR count). The minimum Gasteiger partial charge on any atom is -0.481 e. The Labute approximate surface area is 191 Å². The second-order valence-electron chi connectivity index (χ2n) is 8.50. The molecule has 32 heavy (non-hydrogen) atoms. The number of benzene rings is 3. The molecule has 0 aromatic heterocycles. The number of carbonyl (C=O) groups is 1. The summed E-state index contributed by atoms with van der Waals surface area (Å²) in [5.74, 6) is 0.820. The van der Waals surface area contributed by atoms with E-state index < -0.39 is 6.10 Å². The monoisotopic (exact) mass is 429 g/mol. The molecule has 0 radical (unpaired) electrons. The van der Waals surface area contributed by atoms with Gasteiger partial charge in [-0.3, -0.25) is 4.79 Å². The summed E-state index contributed by atoms with van der Waals surface area (Å²) in [7, 11) is 0. The van der Waals surface area contributed by atoms with E-state index in [9.17, 15) is 4.79 Å². The van der Waals surface area contributed by atoms with Crippen molar-refractivity contribution in [3.8, 4) is 5.75 Å². The maximum absolute atomic E-state index is 13.0. The molecule has 166 valence electrons. The fourth-order valence-corrected chi connectivity index (χ4v) is 4.57. The lowest BCUT2D eigenvalue weighted by Gasteiger charge is -2.37. The first-order valence-electron chi connectivity index (χ1n) is 11.6. The zero-order valence-electron chi connectivity index (χ0n) is 19.0. The van der Waals surface area contributed by atoms with Gasteiger partial charge in [-0.05, 0) is 31.0 Å². The van der Waals surface area contributed by atoms with E-state index in [-0.39, 0.29) is 11.9 Å². The standard InChI is InChI=1S/C28H32N2O2/c1-3-23-14-16-26(17-15-23)32-22(2)28(31)30-20-18-29(19-21-30)27(24-10-6-4-7-11-24)25-12-8-5-9-13-25/h4-17,22,27H,3,18-21H2,1-2H3/p+1/t22-/m1/s1. The Morgan fingerprint density at radius 1 is 0.875 bits per heavy atom. The molecule has 0 bridgehead atoms. The van der Waals surface area contributed by atoms with Crippen LogP contribution in [0.2, 0.25) is 0 Å². The fraction of sp³-hybridized carbons (Fsp3) is 0.321. The Hall–Kier alpha value is -3.11. The number of hydrogen-bond acceptors (Lipinski definition) is 2. The van der Waals surface area contributed by atoms with E-state index in [1.165, 1.54) is 21.6 Å². The van der Waals surface area contributed by atoms with Gasteiger partial charge < -0.3 is 14.5 Å². The zero-order valence-corrected chi connectivity index (χ0v) is 19.0. The molecular formula is C28H33N2O2+. The van der Waals surface area contributed by atoms with Crippen LogP contribution in [0.4, 0.5) is 0 Å². The molecule has 1 aliphatic rings. The van der Waals surface area contributed by atoms with E-state index in [0.717, 1.165) is 38.3 Å². The summed E-state index contributed by atoms with van der Waals surface area (Å²) in [5, 5.41) is 0. The third kappa shape index (κ3) is 5.20. The van der Waals surface area contributed by atoms with Gasteiger partial charge in [-0.15, -0.1) is 0 Å². The lowest BCUT2D eigenvalue weighted by molar-refractivity contribution is -0.929. The molecule has 1 fully saturated rings. The van der Waals surface area contributed by atoms with Crippen LogP contribution in [0.3, 0.4) is 0 Å². The predicted octanol–water partition coefficient (Wildman–Crippen LogP) is 3.53. The summed E-state index contributed by atoms with van der Waals surface area (Å²) in [5.41, 5.74) is 3.91. The van der Waals surface area contributed by atoms with Crippen molar-refractivity contribution < 1.29 is 14.4 Å². The van der Waals surface area contributed by atoms with Gasteiger partial charge in [0, 0.05) is 11.1 Å². The first kappa shape index (κ1) is 22.1. The lowest BCUT2D eigenvalue weighted by atomic mass is 9.96. The first-order valence-corrected chi connectivity index (χ1v) is 11.6. The Morgan fingerprint density at radius 3 is 1.91 bits per heavy atom. The minimum absolute atomic E-state index is 0.0691. The third-order valence-electron chi connectivity index (χ3n) is 6.38. The Kier molecular flexibility index (Phi) is 7.23. The van der Waals surface area contributed by atoms with Crippen LogP contribution in [0.5, 0.6) is 5.75 Å². The lowest BCUT2D eigenvalue weighted by Crippen LogP contribution is -3.15. The topological polar surface area (TPSA) is 34.0 Å². The van der Waals surface area contributed by atoms with Gasteiger partial charge in [-0.1, -0.05) is 79.7 Å². The summed E-state index contributed by atoms with van der Waals surface area (Å²) in [6, 6.07) is 29.7. The van der Waals surface area contributed by atoms with E-state index >= 15 is 0 Å². The number of ether oxygens (including phenoxy) is 1. The van der Waals surface area contributed by atoms with Gasteiger partial charge in [0.05, 0.1) is 26.2 Å². The molecule has 4 nitrogen and oxygen atoms in total. The van der Waals surface area contributed by atoms with Gasteiger partial charge in [0.25, 0.3) is 5.91 Å². The highest BCUT2D eigenvalue weighted by molar-refractivity contribution is 5.81. The van der Waals surface area contributed by atoms with E-state index in [1.807, 2.05) is 24.0 Å². The highest BCUT2D eigenvalue weighted by Crippen LogP contribution is 2.20. The van der Waals surface area contributed by atoms with Gasteiger partial charge in [0.15, 0.2) is 6.10 Å². The maximum Gasteiger partial charge on any atom is 0.263 e. The molecule has 0 unspecified atom stereocenters. The molecule has 4 heteroatoms. The molecule has 3 aromatic rings. The smallest absolute Gasteiger partial charge is 0.263 e. The second-order valence-corrected chi connectivity index (χ2v) is 8.50. The van der Waals surface area contributed by atoms with Gasteiger partial charge in [-0.25, -0.2) is 0 Å². The van der Waals surface area contributed by atoms with Crippen molar-refractivity contribution in [2.45, 2.75) is 32.4 Å². The fourth-order valence-electron chi connectivity index (χ4n) is 4.57. The van der Waals surface area contributed by atoms with Crippen molar-refractivity contribution in [3.63, 3.8) is 0 Å². The molecule has 0 aliphatic carbocycles. The summed E-state index contributed by atoms with van der Waals surface area (Å²) in [6.07, 6.45) is 0.511. The van der Waals surface area contributed by atoms with E-state index in [4.69, 9.17) is 4.74 Å². The van der Waals surface area contributed by atoms with E-state index in [2.05, 4.69) is 79.7 Å². The van der Waals surface area contributed by atoms with Crippen molar-refractivity contribution in [2.24, 2.45) is 0 Å². The molecule has 1 amide bonds. The minimum atomic E-state index is -0.483. The summed E-state index contributed by atoms with van der Waals surface area (Å²) < 4.78 is 5.94. The van der Waals surface area contributed by atoms with Crippen molar-refractivity contribution in [3.05, 3.63) is 102 Å². The molecule has 0 saturated carbocycles. The van der Waals surface area contributed by atoms with Gasteiger partial charge in [0.2, 0.25) is 0 Å². The van der Waals surface area contributed by atoms with Crippen LogP contribution in [0, 0.1) is 0 Å². The number of nitrogens with one attached hydrogen (secondary N) is 1. The average Bonchev–Trinajstić information content (AvgIpc) is 2.86. The van der Waals surface area contributed by atoms with Crippen LogP contribution in [-0.4, -0.2) is 43.1 Å². The number of piperazine rings is 1. The summed E-state index contributed by atoms with van der Waals surface area (Å²) >= 11 is 0. The number of carbonyl (C=O) groups excluding carboxylic acids is 1. The number of quaternary nitrogens is 1. The maximum atomic E-state index is 13.0. The molecule has 1 saturated heterocycles. The number of nitrogens with zero attached hydrogens (tertiary/aromatic N) is 1. The Bertz CT molecular complexity index is 941. The van der Waals surface area contributed by atoms with Crippen LogP contribution in [0.1, 0.15) is 36.6 Å². The van der Waals surface area contributed by atoms with E-state index in [1.54, 1.807) is 0 Å². The number of hydrogen-bond donors (Lipinski definition) is 1. The quantitative estimate of drug-likeness (QED) is 0.623. The third-order valence-corrected chi connectivity index (χ3v) is 6.38. The van der Waals surface area contributed by atoms with Crippen molar-refractivity contribution in [2.75, 3.05) is 26.2 Å². The molecule has 1 heterocycles. The Morgan fingerprint density at radius 2 is 1.41 bits per heavy atom. The SMILES string of the molecule is CCc1ccc(O[C@H](C)C(=O)N2CC[NH+](C(c3ccccc3)c3ccccc3)CC2)cc1. The normalized spacial score (nSPS) is 15.5. The van der Waals surface area contributed by atoms with Crippen molar-refractivity contribution in [1.29, 1.82) is 0 Å². The molecule has 1 atom stereocenters. The van der Waals surface area contributed by atoms with Crippen LogP contribution in [0.25, 0.3) is 0 Å². The largest absolute Gasteiger partial charge is 0.481 e. The second kappa shape index (κ2) is 10.5. The molecule has 0 spiro atoms. The molecule has 3 aromatic carbocycles. The van der Waals surface area contributed by atoms with Crippen LogP contribution in [-0.2, 0) is 11.2 Å². The van der Waals surface area contributed by atoms with Crippen molar-refractivity contribution >= 4 is 5.91 Å². The van der Waals surface area contributed by atoms with Gasteiger partial charge >= 0.3 is 0 Å². The van der Waals surface area contributed by atoms with Crippen LogP contribution >= 0.6 is 0 Å². The number of amides is 1. The first-order chi connectivity index (χ1) is 15.7. The summed E-state index contributed by atoms with van der Waals surface area (Å²) in [6.45, 7) is 7.30. The van der Waals surface area contributed by atoms with Crippen LogP contribution < -0.4 is 9.64 Å². The van der Waals surface area contributed by atoms with Gasteiger partial charge in [-0.2, -0.15) is 0 Å². The highest BCUT2D eigenvalue weighted by Gasteiger charge is 2.33. The molecule has 1 N–H and O–H groups in total. The number of rotatable bonds is 7. The Balaban J connectivity index is 1.40. The van der Waals surface area contributed by atoms with Crippen molar-refractivity contribution in [1.82, 2.24) is 4.90 Å². The summed E-state index contributed by atoms with van der Waals surface area (Å²) in [4.78, 5) is 16.5. The average molecular weight is 430 g/mol. The predicted molar refractivity (Wildman–Crippen MR) is 128 cm³/mol. The molecule has 1 aliphatic heterocycles. The number of aryl methyl sites for hydroxylation is 1. The zero-order chi connectivity index (χ0) is 22.3. The van der Waals surface area contributed by atoms with Crippen LogP contribution in [0.15, 0.2) is 84.9 Å².